The normalized spacial score (nSPS) is 19.0. The Labute approximate surface area is 155 Å². The van der Waals surface area contributed by atoms with Crippen LogP contribution in [0, 0.1) is 26.0 Å². The van der Waals surface area contributed by atoms with E-state index >= 15 is 0 Å². The first kappa shape index (κ1) is 20.2. The molecule has 27 heavy (non-hydrogen) atoms. The lowest BCUT2D eigenvalue weighted by Crippen LogP contribution is -2.54. The van der Waals surface area contributed by atoms with Crippen LogP contribution in [0.25, 0.3) is 0 Å². The van der Waals surface area contributed by atoms with Crippen LogP contribution in [0.1, 0.15) is 13.8 Å². The summed E-state index contributed by atoms with van der Waals surface area (Å²) < 4.78 is 12.1. The van der Waals surface area contributed by atoms with Crippen molar-refractivity contribution >= 4 is 17.1 Å². The maximum absolute atomic E-state index is 12.1. The van der Waals surface area contributed by atoms with Crippen molar-refractivity contribution in [3.8, 4) is 0 Å². The van der Waals surface area contributed by atoms with Crippen LogP contribution in [0.15, 0.2) is 48.5 Å². The Hall–Kier alpha value is -3.07. The third kappa shape index (κ3) is 6.00. The molecule has 0 radical (unpaired) electrons. The predicted octanol–water partition coefficient (Wildman–Crippen LogP) is 3.52. The van der Waals surface area contributed by atoms with Crippen molar-refractivity contribution in [3.63, 3.8) is 0 Å². The highest BCUT2D eigenvalue weighted by atomic mass is 19.1. The third-order valence-corrected chi connectivity index (χ3v) is 4.02. The molecular formula is C18H21FN4O4. The molecule has 0 bridgehead atoms. The fraction of sp³-hybridized carbons (Fsp3) is 0.333. The second-order valence-corrected chi connectivity index (χ2v) is 6.38. The van der Waals surface area contributed by atoms with E-state index in [2.05, 4.69) is 24.1 Å². The summed E-state index contributed by atoms with van der Waals surface area (Å²) >= 11 is 0. The maximum atomic E-state index is 12.1. The number of benzene rings is 2. The van der Waals surface area contributed by atoms with E-state index in [1.54, 1.807) is 12.1 Å². The Morgan fingerprint density at radius 3 is 1.70 bits per heavy atom. The first-order chi connectivity index (χ1) is 12.8. The minimum Gasteiger partial charge on any atom is -0.368 e. The SMILES string of the molecule is CC1CN(c2ccc([N+](=O)[O-])cc2)CC(C)N1.O=[N+]([O-])c1ccc(F)cc1. The topological polar surface area (TPSA) is 102 Å². The Bertz CT molecular complexity index is 773. The van der Waals surface area contributed by atoms with Gasteiger partial charge in [-0.1, -0.05) is 0 Å². The molecule has 1 heterocycles. The molecule has 0 saturated carbocycles. The second kappa shape index (κ2) is 9.04. The van der Waals surface area contributed by atoms with Crippen LogP contribution >= 0.6 is 0 Å². The minimum absolute atomic E-state index is 0.0959. The van der Waals surface area contributed by atoms with Gasteiger partial charge in [0, 0.05) is 55.1 Å². The molecule has 1 N–H and O–H groups in total. The zero-order chi connectivity index (χ0) is 20.0. The van der Waals surface area contributed by atoms with E-state index in [4.69, 9.17) is 0 Å². The summed E-state index contributed by atoms with van der Waals surface area (Å²) in [6.07, 6.45) is 0. The number of nitro groups is 2. The van der Waals surface area contributed by atoms with Crippen molar-refractivity contribution in [1.82, 2.24) is 5.32 Å². The van der Waals surface area contributed by atoms with Crippen LogP contribution in [-0.2, 0) is 0 Å². The Morgan fingerprint density at radius 2 is 1.30 bits per heavy atom. The van der Waals surface area contributed by atoms with E-state index in [9.17, 15) is 24.6 Å². The number of halogens is 1. The minimum atomic E-state index is -0.570. The summed E-state index contributed by atoms with van der Waals surface area (Å²) in [6.45, 7) is 6.16. The standard InChI is InChI=1S/C12H17N3O2.C6H4FNO2/c1-9-7-14(8-10(2)13-9)11-3-5-12(6-4-11)15(16)17;7-5-1-3-6(4-2-5)8(9)10/h3-6,9-10,13H,7-8H2,1-2H3;1-4H. The van der Waals surface area contributed by atoms with Crippen molar-refractivity contribution in [3.05, 3.63) is 74.6 Å². The smallest absolute Gasteiger partial charge is 0.269 e. The number of nitro benzene ring substituents is 2. The zero-order valence-electron chi connectivity index (χ0n) is 15.0. The predicted molar refractivity (Wildman–Crippen MR) is 100 cm³/mol. The molecule has 1 aliphatic heterocycles. The van der Waals surface area contributed by atoms with Crippen LogP contribution in [-0.4, -0.2) is 35.0 Å². The fourth-order valence-corrected chi connectivity index (χ4v) is 2.89. The monoisotopic (exact) mass is 376 g/mol. The lowest BCUT2D eigenvalue weighted by molar-refractivity contribution is -0.385. The van der Waals surface area contributed by atoms with Crippen LogP contribution < -0.4 is 10.2 Å². The molecule has 0 amide bonds. The number of hydrogen-bond donors (Lipinski definition) is 1. The van der Waals surface area contributed by atoms with Gasteiger partial charge in [-0.2, -0.15) is 0 Å². The van der Waals surface area contributed by atoms with Gasteiger partial charge in [0.15, 0.2) is 0 Å². The molecule has 0 spiro atoms. The molecule has 2 atom stereocenters. The lowest BCUT2D eigenvalue weighted by Gasteiger charge is -2.37. The first-order valence-electron chi connectivity index (χ1n) is 8.41. The van der Waals surface area contributed by atoms with E-state index in [1.165, 1.54) is 0 Å². The molecule has 2 aromatic rings. The maximum Gasteiger partial charge on any atom is 0.269 e. The molecule has 0 aromatic heterocycles. The summed E-state index contributed by atoms with van der Waals surface area (Å²) in [7, 11) is 0. The van der Waals surface area contributed by atoms with Crippen LogP contribution in [0.4, 0.5) is 21.5 Å². The van der Waals surface area contributed by atoms with Gasteiger partial charge in [0.2, 0.25) is 0 Å². The summed E-state index contributed by atoms with van der Waals surface area (Å²) in [5.41, 5.74) is 1.10. The van der Waals surface area contributed by atoms with Crippen LogP contribution in [0.5, 0.6) is 0 Å². The quantitative estimate of drug-likeness (QED) is 0.650. The molecule has 0 aliphatic carbocycles. The highest BCUT2D eigenvalue weighted by Gasteiger charge is 2.21. The van der Waals surface area contributed by atoms with Crippen molar-refractivity contribution in [2.24, 2.45) is 0 Å². The van der Waals surface area contributed by atoms with Gasteiger partial charge >= 0.3 is 0 Å². The molecule has 9 heteroatoms. The summed E-state index contributed by atoms with van der Waals surface area (Å²) in [4.78, 5) is 21.9. The van der Waals surface area contributed by atoms with Crippen molar-refractivity contribution in [2.75, 3.05) is 18.0 Å². The zero-order valence-corrected chi connectivity index (χ0v) is 15.0. The van der Waals surface area contributed by atoms with Gasteiger partial charge < -0.3 is 10.2 Å². The molecule has 1 saturated heterocycles. The number of piperazine rings is 1. The largest absolute Gasteiger partial charge is 0.368 e. The van der Waals surface area contributed by atoms with E-state index < -0.39 is 10.7 Å². The highest BCUT2D eigenvalue weighted by Crippen LogP contribution is 2.21. The fourth-order valence-electron chi connectivity index (χ4n) is 2.89. The van der Waals surface area contributed by atoms with Crippen molar-refractivity contribution in [1.29, 1.82) is 0 Å². The third-order valence-electron chi connectivity index (χ3n) is 4.02. The first-order valence-corrected chi connectivity index (χ1v) is 8.41. The molecule has 8 nitrogen and oxygen atoms in total. The van der Waals surface area contributed by atoms with E-state index in [1.807, 2.05) is 12.1 Å². The molecule has 1 aliphatic rings. The molecular weight excluding hydrogens is 355 g/mol. The summed E-state index contributed by atoms with van der Waals surface area (Å²) in [6, 6.07) is 12.0. The average Bonchev–Trinajstić information content (AvgIpc) is 2.62. The van der Waals surface area contributed by atoms with Gasteiger partial charge in [0.05, 0.1) is 9.85 Å². The van der Waals surface area contributed by atoms with Crippen molar-refractivity contribution in [2.45, 2.75) is 25.9 Å². The molecule has 1 fully saturated rings. The number of nitrogens with one attached hydrogen (secondary N) is 1. The lowest BCUT2D eigenvalue weighted by atomic mass is 10.1. The van der Waals surface area contributed by atoms with E-state index in [0.29, 0.717) is 12.1 Å². The van der Waals surface area contributed by atoms with E-state index in [-0.39, 0.29) is 16.3 Å². The van der Waals surface area contributed by atoms with Gasteiger partial charge in [-0.05, 0) is 38.1 Å². The molecule has 2 aromatic carbocycles. The molecule has 2 unspecified atom stereocenters. The van der Waals surface area contributed by atoms with Gasteiger partial charge in [-0.15, -0.1) is 0 Å². The number of nitrogens with zero attached hydrogens (tertiary/aromatic N) is 3. The Balaban J connectivity index is 0.000000223. The number of non-ortho nitro benzene ring substituents is 2. The summed E-state index contributed by atoms with van der Waals surface area (Å²) in [5.74, 6) is -0.467. The van der Waals surface area contributed by atoms with Crippen molar-refractivity contribution < 1.29 is 14.2 Å². The van der Waals surface area contributed by atoms with Gasteiger partial charge in [0.1, 0.15) is 5.82 Å². The van der Waals surface area contributed by atoms with Crippen LogP contribution in [0.3, 0.4) is 0 Å². The van der Waals surface area contributed by atoms with Gasteiger partial charge in [-0.3, -0.25) is 20.2 Å². The number of hydrogen-bond acceptors (Lipinski definition) is 6. The number of rotatable bonds is 3. The van der Waals surface area contributed by atoms with Gasteiger partial charge in [0.25, 0.3) is 11.4 Å². The molecule has 144 valence electrons. The highest BCUT2D eigenvalue weighted by molar-refractivity contribution is 5.51. The average molecular weight is 376 g/mol. The van der Waals surface area contributed by atoms with Crippen LogP contribution in [0.2, 0.25) is 0 Å². The molecule has 3 rings (SSSR count). The number of anilines is 1. The Kier molecular flexibility index (Phi) is 6.78. The second-order valence-electron chi connectivity index (χ2n) is 6.38. The van der Waals surface area contributed by atoms with Gasteiger partial charge in [-0.25, -0.2) is 4.39 Å². The summed E-state index contributed by atoms with van der Waals surface area (Å²) in [5, 5.41) is 24.0. The Morgan fingerprint density at radius 1 is 0.889 bits per heavy atom. The van der Waals surface area contributed by atoms with E-state index in [0.717, 1.165) is 43.0 Å².